The zero-order valence-corrected chi connectivity index (χ0v) is 6.67. The second kappa shape index (κ2) is 3.15. The molecule has 56 valence electrons. The first-order chi connectivity index (χ1) is 5.27. The zero-order valence-electron chi connectivity index (χ0n) is 6.67. The van der Waals surface area contributed by atoms with Gasteiger partial charge in [-0.3, -0.25) is 4.99 Å². The van der Waals surface area contributed by atoms with Crippen molar-refractivity contribution in [3.63, 3.8) is 0 Å². The number of benzene rings is 1. The van der Waals surface area contributed by atoms with E-state index in [0.29, 0.717) is 0 Å². The van der Waals surface area contributed by atoms with Gasteiger partial charge in [0.15, 0.2) is 0 Å². The first-order valence-corrected chi connectivity index (χ1v) is 3.47. The van der Waals surface area contributed by atoms with Crippen LogP contribution < -0.4 is 0 Å². The van der Waals surface area contributed by atoms with Gasteiger partial charge in [-0.15, -0.1) is 0 Å². The average Bonchev–Trinajstić information content (AvgIpc) is 2.04. The van der Waals surface area contributed by atoms with Crippen molar-refractivity contribution in [1.29, 1.82) is 0 Å². The second-order valence-electron chi connectivity index (χ2n) is 2.42. The largest absolute Gasteiger partial charge is 0.264 e. The summed E-state index contributed by atoms with van der Waals surface area (Å²) in [5, 5.41) is 0. The van der Waals surface area contributed by atoms with E-state index in [1.165, 1.54) is 5.56 Å². The molecule has 0 amide bonds. The average molecular weight is 145 g/mol. The summed E-state index contributed by atoms with van der Waals surface area (Å²) in [6, 6.07) is 5.99. The fraction of sp³-hybridized carbons (Fsp3) is 0.100. The van der Waals surface area contributed by atoms with Gasteiger partial charge in [0, 0.05) is 0 Å². The van der Waals surface area contributed by atoms with Gasteiger partial charge >= 0.3 is 0 Å². The molecule has 0 unspecified atom stereocenters. The fourth-order valence-electron chi connectivity index (χ4n) is 0.981. The Morgan fingerprint density at radius 3 is 2.73 bits per heavy atom. The van der Waals surface area contributed by atoms with Gasteiger partial charge in [0.05, 0.1) is 5.69 Å². The Hall–Kier alpha value is -1.37. The van der Waals surface area contributed by atoms with Crippen molar-refractivity contribution in [1.82, 2.24) is 0 Å². The van der Waals surface area contributed by atoms with Crippen molar-refractivity contribution in [2.75, 3.05) is 0 Å². The molecule has 0 bridgehead atoms. The highest BCUT2D eigenvalue weighted by Crippen LogP contribution is 2.20. The van der Waals surface area contributed by atoms with E-state index in [0.717, 1.165) is 11.3 Å². The summed E-state index contributed by atoms with van der Waals surface area (Å²) >= 11 is 0. The lowest BCUT2D eigenvalue weighted by Gasteiger charge is -1.99. The fourth-order valence-corrected chi connectivity index (χ4v) is 0.981. The van der Waals surface area contributed by atoms with Gasteiger partial charge in [0.1, 0.15) is 0 Å². The van der Waals surface area contributed by atoms with Crippen molar-refractivity contribution in [3.05, 3.63) is 35.9 Å². The van der Waals surface area contributed by atoms with Crippen LogP contribution in [0.15, 0.2) is 29.8 Å². The summed E-state index contributed by atoms with van der Waals surface area (Å²) < 4.78 is 0. The van der Waals surface area contributed by atoms with Crippen molar-refractivity contribution in [2.45, 2.75) is 6.92 Å². The number of hydrogen-bond acceptors (Lipinski definition) is 1. The van der Waals surface area contributed by atoms with Crippen LogP contribution >= 0.6 is 0 Å². The first-order valence-electron chi connectivity index (χ1n) is 3.47. The van der Waals surface area contributed by atoms with Gasteiger partial charge in [-0.1, -0.05) is 24.3 Å². The maximum Gasteiger partial charge on any atom is 0.0694 e. The van der Waals surface area contributed by atoms with Crippen LogP contribution in [0, 0.1) is 6.92 Å². The molecule has 1 aromatic rings. The molecule has 0 atom stereocenters. The van der Waals surface area contributed by atoms with Crippen molar-refractivity contribution in [2.24, 2.45) is 4.99 Å². The number of aryl methyl sites for hydroxylation is 1. The number of nitrogens with zero attached hydrogens (tertiary/aromatic N) is 1. The Bertz CT molecular complexity index is 287. The van der Waals surface area contributed by atoms with E-state index in [4.69, 9.17) is 0 Å². The summed E-state index contributed by atoms with van der Waals surface area (Å²) in [5.74, 6) is 0. The maximum absolute atomic E-state index is 3.86. The van der Waals surface area contributed by atoms with Gasteiger partial charge in [-0.2, -0.15) is 0 Å². The van der Waals surface area contributed by atoms with Crippen LogP contribution in [0.25, 0.3) is 6.08 Å². The minimum atomic E-state index is 0.894. The Balaban J connectivity index is 3.26. The molecule has 1 nitrogen and oxygen atoms in total. The SMILES string of the molecule is C=Cc1cc(C)ccc1N=C. The molecule has 1 rings (SSSR count). The normalized spacial score (nSPS) is 9.18. The molecule has 0 spiro atoms. The van der Waals surface area contributed by atoms with Gasteiger partial charge < -0.3 is 0 Å². The quantitative estimate of drug-likeness (QED) is 0.567. The van der Waals surface area contributed by atoms with E-state index >= 15 is 0 Å². The third-order valence-electron chi connectivity index (χ3n) is 1.57. The van der Waals surface area contributed by atoms with Crippen LogP contribution in [0.1, 0.15) is 11.1 Å². The van der Waals surface area contributed by atoms with E-state index < -0.39 is 0 Å². The van der Waals surface area contributed by atoms with Crippen molar-refractivity contribution in [3.8, 4) is 0 Å². The van der Waals surface area contributed by atoms with E-state index in [1.54, 1.807) is 6.08 Å². The summed E-state index contributed by atoms with van der Waals surface area (Å²) in [6.07, 6.45) is 1.79. The lowest BCUT2D eigenvalue weighted by atomic mass is 10.1. The predicted molar refractivity (Wildman–Crippen MR) is 50.5 cm³/mol. The Kier molecular flexibility index (Phi) is 2.21. The van der Waals surface area contributed by atoms with Crippen molar-refractivity contribution < 1.29 is 0 Å². The van der Waals surface area contributed by atoms with Crippen LogP contribution in [0.2, 0.25) is 0 Å². The molecule has 0 saturated heterocycles. The number of aliphatic imine (C=N–C) groups is 1. The summed E-state index contributed by atoms with van der Waals surface area (Å²) in [6.45, 7) is 9.21. The standard InChI is InChI=1S/C10H11N/c1-4-9-7-8(2)5-6-10(9)11-3/h4-7H,1,3H2,2H3. The molecule has 1 aromatic carbocycles. The second-order valence-corrected chi connectivity index (χ2v) is 2.42. The molecule has 0 aliphatic carbocycles. The molecule has 0 saturated carbocycles. The third-order valence-corrected chi connectivity index (χ3v) is 1.57. The molecule has 0 N–H and O–H groups in total. The molecular formula is C10H11N. The van der Waals surface area contributed by atoms with Gasteiger partial charge in [-0.05, 0) is 31.3 Å². The summed E-state index contributed by atoms with van der Waals surface area (Å²) in [5.41, 5.74) is 3.15. The highest BCUT2D eigenvalue weighted by molar-refractivity contribution is 5.65. The number of hydrogen-bond donors (Lipinski definition) is 0. The monoisotopic (exact) mass is 145 g/mol. The summed E-state index contributed by atoms with van der Waals surface area (Å²) in [7, 11) is 0. The molecule has 0 aliphatic heterocycles. The number of rotatable bonds is 2. The molecule has 0 radical (unpaired) electrons. The Morgan fingerprint density at radius 1 is 1.45 bits per heavy atom. The lowest BCUT2D eigenvalue weighted by molar-refractivity contribution is 1.43. The molecular weight excluding hydrogens is 134 g/mol. The first kappa shape index (κ1) is 7.73. The minimum Gasteiger partial charge on any atom is -0.264 e. The highest BCUT2D eigenvalue weighted by Gasteiger charge is 1.94. The molecule has 0 heterocycles. The molecule has 0 fully saturated rings. The van der Waals surface area contributed by atoms with Crippen LogP contribution in [-0.4, -0.2) is 6.72 Å². The zero-order chi connectivity index (χ0) is 8.27. The molecule has 11 heavy (non-hydrogen) atoms. The summed E-state index contributed by atoms with van der Waals surface area (Å²) in [4.78, 5) is 3.86. The van der Waals surface area contributed by atoms with E-state index in [9.17, 15) is 0 Å². The topological polar surface area (TPSA) is 12.4 Å². The highest BCUT2D eigenvalue weighted by atomic mass is 14.7. The predicted octanol–water partition coefficient (Wildman–Crippen LogP) is 2.97. The maximum atomic E-state index is 3.86. The molecule has 0 aliphatic rings. The van der Waals surface area contributed by atoms with Crippen LogP contribution in [0.4, 0.5) is 5.69 Å². The van der Waals surface area contributed by atoms with E-state index in [2.05, 4.69) is 18.3 Å². The molecule has 0 aromatic heterocycles. The molecule has 1 heteroatoms. The Morgan fingerprint density at radius 2 is 2.18 bits per heavy atom. The van der Waals surface area contributed by atoms with Gasteiger partial charge in [0.25, 0.3) is 0 Å². The van der Waals surface area contributed by atoms with E-state index in [-0.39, 0.29) is 0 Å². The minimum absolute atomic E-state index is 0.894. The van der Waals surface area contributed by atoms with Crippen LogP contribution in [0.5, 0.6) is 0 Å². The van der Waals surface area contributed by atoms with Crippen LogP contribution in [0.3, 0.4) is 0 Å². The smallest absolute Gasteiger partial charge is 0.0694 e. The third kappa shape index (κ3) is 1.55. The van der Waals surface area contributed by atoms with Gasteiger partial charge in [-0.25, -0.2) is 0 Å². The lowest BCUT2D eigenvalue weighted by Crippen LogP contribution is -1.76. The van der Waals surface area contributed by atoms with Crippen LogP contribution in [-0.2, 0) is 0 Å². The Labute approximate surface area is 67.1 Å². The van der Waals surface area contributed by atoms with Gasteiger partial charge in [0.2, 0.25) is 0 Å². The van der Waals surface area contributed by atoms with Crippen molar-refractivity contribution >= 4 is 18.5 Å². The van der Waals surface area contributed by atoms with E-state index in [1.807, 2.05) is 25.1 Å².